The Labute approximate surface area is 110 Å². The second-order valence-corrected chi connectivity index (χ2v) is 3.15. The Morgan fingerprint density at radius 3 is 2.20 bits per heavy atom. The van der Waals surface area contributed by atoms with E-state index in [1.807, 2.05) is 0 Å². The summed E-state index contributed by atoms with van der Waals surface area (Å²) in [6.45, 7) is 1.58. The van der Waals surface area contributed by atoms with Crippen LogP contribution in [-0.4, -0.2) is 93.9 Å². The number of hydrogen-bond donors (Lipinski definition) is 4. The maximum atomic E-state index is 9.41. The van der Waals surface area contributed by atoms with Gasteiger partial charge in [-0.25, -0.2) is 0 Å². The van der Waals surface area contributed by atoms with Crippen LogP contribution in [0.4, 0.5) is 0 Å². The van der Waals surface area contributed by atoms with Gasteiger partial charge in [-0.1, -0.05) is 0 Å². The molecule has 0 radical (unpaired) electrons. The molecule has 0 aromatic heterocycles. The summed E-state index contributed by atoms with van der Waals surface area (Å²) in [4.78, 5) is 0. The first-order chi connectivity index (χ1) is 6.61. The van der Waals surface area contributed by atoms with Gasteiger partial charge in [-0.3, -0.25) is 0 Å². The zero-order valence-corrected chi connectivity index (χ0v) is 7.91. The maximum absolute atomic E-state index is 9.41. The summed E-state index contributed by atoms with van der Waals surface area (Å²) in [5, 5.41) is 36.9. The monoisotopic (exact) mass is 232 g/mol. The van der Waals surface area contributed by atoms with Crippen molar-refractivity contribution in [2.75, 3.05) is 13.2 Å². The SMILES string of the molecule is CCO[C@@H]1O[C@H](CO)[C@H](O)[C@H](O)[C@H]1O.[NaH]. The van der Waals surface area contributed by atoms with Gasteiger partial charge in [-0.05, 0) is 6.92 Å². The molecule has 1 fully saturated rings. The standard InChI is InChI=1S/C8H16O6.Na.H/c1-2-13-8-7(12)6(11)5(10)4(3-9)14-8;;/h4-12H,2-3H2,1H3;;/t4-,5+,6+,7-,8-;;/m1../s1. The molecule has 1 aliphatic rings. The van der Waals surface area contributed by atoms with E-state index in [0.717, 1.165) is 0 Å². The van der Waals surface area contributed by atoms with Crippen LogP contribution in [0, 0.1) is 0 Å². The minimum atomic E-state index is -1.36. The molecule has 6 nitrogen and oxygen atoms in total. The van der Waals surface area contributed by atoms with Crippen molar-refractivity contribution >= 4 is 29.6 Å². The Bertz CT molecular complexity index is 177. The van der Waals surface area contributed by atoms with E-state index in [4.69, 9.17) is 14.6 Å². The summed E-state index contributed by atoms with van der Waals surface area (Å²) in [5.74, 6) is 0. The third kappa shape index (κ3) is 3.62. The Kier molecular flexibility index (Phi) is 7.52. The first kappa shape index (κ1) is 15.8. The van der Waals surface area contributed by atoms with E-state index in [2.05, 4.69) is 0 Å². The Balaban J connectivity index is 0.00000196. The summed E-state index contributed by atoms with van der Waals surface area (Å²) in [6, 6.07) is 0. The molecule has 5 atom stereocenters. The van der Waals surface area contributed by atoms with Crippen LogP contribution >= 0.6 is 0 Å². The molecule has 0 aromatic carbocycles. The van der Waals surface area contributed by atoms with Crippen LogP contribution in [0.3, 0.4) is 0 Å². The molecule has 4 N–H and O–H groups in total. The van der Waals surface area contributed by atoms with E-state index < -0.39 is 37.3 Å². The molecule has 0 aromatic rings. The van der Waals surface area contributed by atoms with Crippen molar-refractivity contribution in [2.24, 2.45) is 0 Å². The number of hydrogen-bond acceptors (Lipinski definition) is 6. The van der Waals surface area contributed by atoms with Gasteiger partial charge < -0.3 is 29.9 Å². The Morgan fingerprint density at radius 2 is 1.73 bits per heavy atom. The molecular formula is C8H17NaO6. The average molecular weight is 232 g/mol. The van der Waals surface area contributed by atoms with Crippen molar-refractivity contribution in [3.8, 4) is 0 Å². The van der Waals surface area contributed by atoms with E-state index >= 15 is 0 Å². The second-order valence-electron chi connectivity index (χ2n) is 3.15. The van der Waals surface area contributed by atoms with Gasteiger partial charge in [0.1, 0.15) is 24.4 Å². The van der Waals surface area contributed by atoms with Gasteiger partial charge in [0.2, 0.25) is 0 Å². The van der Waals surface area contributed by atoms with Gasteiger partial charge in [-0.2, -0.15) is 0 Å². The van der Waals surface area contributed by atoms with Gasteiger partial charge in [0.15, 0.2) is 6.29 Å². The van der Waals surface area contributed by atoms with E-state index in [1.54, 1.807) is 6.92 Å². The summed E-state index contributed by atoms with van der Waals surface area (Å²) >= 11 is 0. The van der Waals surface area contributed by atoms with Gasteiger partial charge >= 0.3 is 29.6 Å². The Hall–Kier alpha value is 0.760. The number of rotatable bonds is 3. The number of ether oxygens (including phenoxy) is 2. The van der Waals surface area contributed by atoms with E-state index in [1.165, 1.54) is 0 Å². The van der Waals surface area contributed by atoms with Crippen molar-refractivity contribution in [2.45, 2.75) is 37.6 Å². The molecule has 0 spiro atoms. The third-order valence-corrected chi connectivity index (χ3v) is 2.18. The first-order valence-electron chi connectivity index (χ1n) is 4.54. The molecule has 0 aliphatic carbocycles. The van der Waals surface area contributed by atoms with E-state index in [9.17, 15) is 15.3 Å². The fourth-order valence-electron chi connectivity index (χ4n) is 1.37. The van der Waals surface area contributed by atoms with Crippen molar-refractivity contribution in [3.05, 3.63) is 0 Å². The average Bonchev–Trinajstić information content (AvgIpc) is 2.19. The van der Waals surface area contributed by atoms with E-state index in [0.29, 0.717) is 6.61 Å². The second kappa shape index (κ2) is 7.16. The van der Waals surface area contributed by atoms with Crippen molar-refractivity contribution in [1.29, 1.82) is 0 Å². The summed E-state index contributed by atoms with van der Waals surface area (Å²) in [5.41, 5.74) is 0. The molecule has 1 aliphatic heterocycles. The van der Waals surface area contributed by atoms with Crippen LogP contribution in [0.15, 0.2) is 0 Å². The molecule has 0 amide bonds. The Morgan fingerprint density at radius 1 is 1.13 bits per heavy atom. The zero-order valence-electron chi connectivity index (χ0n) is 7.91. The van der Waals surface area contributed by atoms with Gasteiger partial charge in [0.25, 0.3) is 0 Å². The molecular weight excluding hydrogens is 215 g/mol. The predicted molar refractivity (Wildman–Crippen MR) is 52.5 cm³/mol. The van der Waals surface area contributed by atoms with Crippen LogP contribution < -0.4 is 0 Å². The first-order valence-corrected chi connectivity index (χ1v) is 4.54. The summed E-state index contributed by atoms with van der Waals surface area (Å²) in [6.07, 6.45) is -5.89. The molecule has 1 saturated heterocycles. The molecule has 1 rings (SSSR count). The van der Waals surface area contributed by atoms with Crippen molar-refractivity contribution in [3.63, 3.8) is 0 Å². The third-order valence-electron chi connectivity index (χ3n) is 2.18. The molecule has 0 saturated carbocycles. The van der Waals surface area contributed by atoms with Gasteiger partial charge in [0, 0.05) is 6.61 Å². The number of aliphatic hydroxyl groups is 4. The van der Waals surface area contributed by atoms with Crippen LogP contribution in [0.25, 0.3) is 0 Å². The zero-order chi connectivity index (χ0) is 10.7. The van der Waals surface area contributed by atoms with Crippen molar-refractivity contribution < 1.29 is 29.9 Å². The van der Waals surface area contributed by atoms with Crippen LogP contribution in [-0.2, 0) is 9.47 Å². The molecule has 7 heteroatoms. The number of aliphatic hydroxyl groups excluding tert-OH is 4. The summed E-state index contributed by atoms with van der Waals surface area (Å²) in [7, 11) is 0. The van der Waals surface area contributed by atoms with Gasteiger partial charge in [0.05, 0.1) is 6.61 Å². The fourth-order valence-corrected chi connectivity index (χ4v) is 1.37. The van der Waals surface area contributed by atoms with E-state index in [-0.39, 0.29) is 29.6 Å². The van der Waals surface area contributed by atoms with Gasteiger partial charge in [-0.15, -0.1) is 0 Å². The predicted octanol–water partition coefficient (Wildman–Crippen LogP) is -2.83. The van der Waals surface area contributed by atoms with Crippen LogP contribution in [0.5, 0.6) is 0 Å². The van der Waals surface area contributed by atoms with Crippen LogP contribution in [0.1, 0.15) is 6.92 Å². The molecule has 0 unspecified atom stereocenters. The fraction of sp³-hybridized carbons (Fsp3) is 1.00. The molecule has 15 heavy (non-hydrogen) atoms. The molecule has 0 bridgehead atoms. The normalized spacial score (nSPS) is 41.0. The minimum absolute atomic E-state index is 0. The molecule has 86 valence electrons. The summed E-state index contributed by atoms with van der Waals surface area (Å²) < 4.78 is 10.0. The quantitative estimate of drug-likeness (QED) is 0.392. The topological polar surface area (TPSA) is 99.4 Å². The molecule has 1 heterocycles. The van der Waals surface area contributed by atoms with Crippen molar-refractivity contribution in [1.82, 2.24) is 0 Å². The van der Waals surface area contributed by atoms with Crippen LogP contribution in [0.2, 0.25) is 0 Å².